The minimum atomic E-state index is -2.74. The third-order valence-electron chi connectivity index (χ3n) is 3.12. The first kappa shape index (κ1) is 14.6. The molecule has 1 N–H and O–H groups in total. The zero-order valence-corrected chi connectivity index (χ0v) is 12.2. The van der Waals surface area contributed by atoms with Crippen LogP contribution in [0, 0.1) is 0 Å². The second kappa shape index (κ2) is 6.18. The number of carbonyl (C=O) groups is 1. The number of nitrogens with zero attached hydrogens (tertiary/aromatic N) is 3. The van der Waals surface area contributed by atoms with Gasteiger partial charge in [0, 0.05) is 17.6 Å². The minimum absolute atomic E-state index is 0.283. The first-order valence-corrected chi connectivity index (χ1v) is 7.46. The largest absolute Gasteiger partial charge is 0.352 e. The molecule has 0 unspecified atom stereocenters. The van der Waals surface area contributed by atoms with Gasteiger partial charge in [0.15, 0.2) is 5.65 Å². The van der Waals surface area contributed by atoms with Gasteiger partial charge in [-0.25, -0.2) is 8.78 Å². The molecular weight excluding hydrogens is 310 g/mol. The van der Waals surface area contributed by atoms with Crippen molar-refractivity contribution >= 4 is 22.9 Å². The van der Waals surface area contributed by atoms with Crippen LogP contribution in [0.25, 0.3) is 5.65 Å². The van der Waals surface area contributed by atoms with Gasteiger partial charge < -0.3 is 5.32 Å². The highest BCUT2D eigenvalue weighted by Gasteiger charge is 2.17. The van der Waals surface area contributed by atoms with Crippen LogP contribution in [0.5, 0.6) is 0 Å². The molecule has 5 nitrogen and oxygen atoms in total. The smallest absolute Gasteiger partial charge is 0.297 e. The van der Waals surface area contributed by atoms with Gasteiger partial charge in [0.2, 0.25) is 5.82 Å². The third-order valence-corrected chi connectivity index (χ3v) is 4.06. The van der Waals surface area contributed by atoms with Gasteiger partial charge in [0.1, 0.15) is 0 Å². The van der Waals surface area contributed by atoms with Crippen molar-refractivity contribution in [3.05, 3.63) is 52.1 Å². The standard InChI is InChI=1S/C14H12F2N4OS/c15-12(16)13-19-18-11-4-3-9(8-20(11)13)14(21)17-6-5-10-2-1-7-22-10/h1-4,7-8,12H,5-6H2,(H,17,21). The number of fused-ring (bicyclic) bond motifs is 1. The van der Waals surface area contributed by atoms with Crippen molar-refractivity contribution < 1.29 is 13.6 Å². The van der Waals surface area contributed by atoms with Gasteiger partial charge in [-0.3, -0.25) is 9.20 Å². The fourth-order valence-electron chi connectivity index (χ4n) is 2.05. The van der Waals surface area contributed by atoms with Gasteiger partial charge in [-0.05, 0) is 30.0 Å². The topological polar surface area (TPSA) is 59.3 Å². The van der Waals surface area contributed by atoms with E-state index in [4.69, 9.17) is 0 Å². The van der Waals surface area contributed by atoms with Gasteiger partial charge in [0.25, 0.3) is 12.3 Å². The minimum Gasteiger partial charge on any atom is -0.352 e. The fourth-order valence-corrected chi connectivity index (χ4v) is 2.76. The average molecular weight is 322 g/mol. The summed E-state index contributed by atoms with van der Waals surface area (Å²) in [6.45, 7) is 0.487. The first-order valence-electron chi connectivity index (χ1n) is 6.58. The number of thiophene rings is 1. The highest BCUT2D eigenvalue weighted by Crippen LogP contribution is 2.18. The van der Waals surface area contributed by atoms with Gasteiger partial charge in [-0.15, -0.1) is 21.5 Å². The molecule has 0 aromatic carbocycles. The van der Waals surface area contributed by atoms with Crippen LogP contribution in [0.2, 0.25) is 0 Å². The number of alkyl halides is 2. The molecule has 0 bridgehead atoms. The average Bonchev–Trinajstić information content (AvgIpc) is 3.15. The molecule has 3 heterocycles. The number of hydrogen-bond donors (Lipinski definition) is 1. The molecule has 8 heteroatoms. The maximum absolute atomic E-state index is 12.8. The lowest BCUT2D eigenvalue weighted by atomic mass is 10.2. The summed E-state index contributed by atoms with van der Waals surface area (Å²) >= 11 is 1.62. The molecule has 0 radical (unpaired) electrons. The highest BCUT2D eigenvalue weighted by molar-refractivity contribution is 7.09. The van der Waals surface area contributed by atoms with Crippen LogP contribution in [0.1, 0.15) is 27.5 Å². The van der Waals surface area contributed by atoms with Gasteiger partial charge >= 0.3 is 0 Å². The van der Waals surface area contributed by atoms with E-state index in [1.54, 1.807) is 17.4 Å². The predicted octanol–water partition coefficient (Wildman–Crippen LogP) is 2.70. The lowest BCUT2D eigenvalue weighted by Gasteiger charge is -2.05. The van der Waals surface area contributed by atoms with Crippen LogP contribution in [0.3, 0.4) is 0 Å². The number of amides is 1. The quantitative estimate of drug-likeness (QED) is 0.786. The Balaban J connectivity index is 1.71. The van der Waals surface area contributed by atoms with Crippen LogP contribution < -0.4 is 5.32 Å². The monoisotopic (exact) mass is 322 g/mol. The fraction of sp³-hybridized carbons (Fsp3) is 0.214. The second-order valence-corrected chi connectivity index (χ2v) is 5.62. The Morgan fingerprint density at radius 1 is 1.32 bits per heavy atom. The Morgan fingerprint density at radius 3 is 2.91 bits per heavy atom. The number of hydrogen-bond acceptors (Lipinski definition) is 4. The molecule has 3 aromatic heterocycles. The first-order chi connectivity index (χ1) is 10.6. The summed E-state index contributed by atoms with van der Waals surface area (Å²) in [6.07, 6.45) is -0.676. The summed E-state index contributed by atoms with van der Waals surface area (Å²) < 4.78 is 26.7. The third kappa shape index (κ3) is 2.96. The van der Waals surface area contributed by atoms with E-state index >= 15 is 0 Å². The summed E-state index contributed by atoms with van der Waals surface area (Å²) in [5.74, 6) is -0.782. The van der Waals surface area contributed by atoms with Gasteiger partial charge in [0.05, 0.1) is 5.56 Å². The van der Waals surface area contributed by atoms with E-state index < -0.39 is 12.2 Å². The molecule has 3 aromatic rings. The molecule has 0 aliphatic heterocycles. The Hall–Kier alpha value is -2.35. The van der Waals surface area contributed by atoms with Crippen molar-refractivity contribution in [2.45, 2.75) is 12.8 Å². The molecule has 0 fully saturated rings. The SMILES string of the molecule is O=C(NCCc1cccs1)c1ccc2nnc(C(F)F)n2c1. The van der Waals surface area contributed by atoms with E-state index in [0.29, 0.717) is 12.1 Å². The van der Waals surface area contributed by atoms with Crippen molar-refractivity contribution in [2.75, 3.05) is 6.54 Å². The highest BCUT2D eigenvalue weighted by atomic mass is 32.1. The molecular formula is C14H12F2N4OS. The summed E-state index contributed by atoms with van der Waals surface area (Å²) in [4.78, 5) is 13.2. The Morgan fingerprint density at radius 2 is 2.18 bits per heavy atom. The zero-order valence-electron chi connectivity index (χ0n) is 11.4. The lowest BCUT2D eigenvalue weighted by Crippen LogP contribution is -2.25. The zero-order chi connectivity index (χ0) is 15.5. The molecule has 1 amide bonds. The van der Waals surface area contributed by atoms with Crippen molar-refractivity contribution in [3.8, 4) is 0 Å². The molecule has 0 aliphatic rings. The van der Waals surface area contributed by atoms with Crippen molar-refractivity contribution in [1.29, 1.82) is 0 Å². The van der Waals surface area contributed by atoms with Crippen molar-refractivity contribution in [2.24, 2.45) is 0 Å². The Labute approximate surface area is 128 Å². The summed E-state index contributed by atoms with van der Waals surface area (Å²) in [7, 11) is 0. The van der Waals surface area contributed by atoms with E-state index in [1.807, 2.05) is 17.5 Å². The molecule has 22 heavy (non-hydrogen) atoms. The molecule has 3 rings (SSSR count). The maximum atomic E-state index is 12.8. The molecule has 0 aliphatic carbocycles. The normalized spacial score (nSPS) is 11.2. The van der Waals surface area contributed by atoms with Gasteiger partial charge in [-0.1, -0.05) is 6.07 Å². The molecule has 0 saturated heterocycles. The summed E-state index contributed by atoms with van der Waals surface area (Å²) in [6, 6.07) is 6.98. The molecule has 0 saturated carbocycles. The maximum Gasteiger partial charge on any atom is 0.297 e. The number of aromatic nitrogens is 3. The molecule has 0 spiro atoms. The van der Waals surface area contributed by atoms with Crippen LogP contribution in [-0.2, 0) is 6.42 Å². The van der Waals surface area contributed by atoms with Gasteiger partial charge in [-0.2, -0.15) is 0 Å². The molecule has 114 valence electrons. The van der Waals surface area contributed by atoms with Crippen LogP contribution in [-0.4, -0.2) is 27.0 Å². The number of halogens is 2. The van der Waals surface area contributed by atoms with E-state index in [2.05, 4.69) is 15.5 Å². The number of nitrogens with one attached hydrogen (secondary N) is 1. The number of carbonyl (C=O) groups excluding carboxylic acids is 1. The van der Waals surface area contributed by atoms with E-state index in [1.165, 1.54) is 17.1 Å². The number of rotatable bonds is 5. The van der Waals surface area contributed by atoms with E-state index in [9.17, 15) is 13.6 Å². The lowest BCUT2D eigenvalue weighted by molar-refractivity contribution is 0.0953. The predicted molar refractivity (Wildman–Crippen MR) is 78.3 cm³/mol. The number of pyridine rings is 1. The van der Waals surface area contributed by atoms with Crippen LogP contribution >= 0.6 is 11.3 Å². The van der Waals surface area contributed by atoms with E-state index in [0.717, 1.165) is 10.8 Å². The summed E-state index contributed by atoms with van der Waals surface area (Å²) in [5, 5.41) is 11.8. The van der Waals surface area contributed by atoms with Crippen LogP contribution in [0.4, 0.5) is 8.78 Å². The second-order valence-electron chi connectivity index (χ2n) is 4.59. The summed E-state index contributed by atoms with van der Waals surface area (Å²) in [5.41, 5.74) is 0.575. The molecule has 0 atom stereocenters. The van der Waals surface area contributed by atoms with Crippen molar-refractivity contribution in [3.63, 3.8) is 0 Å². The Bertz CT molecular complexity index is 785. The Kier molecular flexibility index (Phi) is 4.10. The van der Waals surface area contributed by atoms with Crippen molar-refractivity contribution in [1.82, 2.24) is 19.9 Å². The van der Waals surface area contributed by atoms with Crippen LogP contribution in [0.15, 0.2) is 35.8 Å². The van der Waals surface area contributed by atoms with E-state index in [-0.39, 0.29) is 11.6 Å².